The molecule has 0 atom stereocenters. The minimum atomic E-state index is -4.06. The van der Waals surface area contributed by atoms with Crippen molar-refractivity contribution in [2.24, 2.45) is 5.10 Å². The minimum Gasteiger partial charge on any atom is -0.316 e. The molecule has 11 heteroatoms. The highest BCUT2D eigenvalue weighted by Gasteiger charge is 2.27. The van der Waals surface area contributed by atoms with Crippen LogP contribution >= 0.6 is 34.8 Å². The van der Waals surface area contributed by atoms with Gasteiger partial charge in [-0.3, -0.25) is 9.10 Å². The first-order valence-corrected chi connectivity index (χ1v) is 13.9. The smallest absolute Gasteiger partial charge is 0.264 e. The Morgan fingerprint density at radius 3 is 2.37 bits per heavy atom. The van der Waals surface area contributed by atoms with Gasteiger partial charge >= 0.3 is 0 Å². The predicted molar refractivity (Wildman–Crippen MR) is 153 cm³/mol. The molecule has 1 heterocycles. The maximum Gasteiger partial charge on any atom is 0.264 e. The fourth-order valence-corrected chi connectivity index (χ4v) is 5.94. The summed E-state index contributed by atoms with van der Waals surface area (Å²) in [5, 5.41) is 5.49. The third-order valence-corrected chi connectivity index (χ3v) is 8.30. The molecule has 0 aliphatic heterocycles. The number of carbonyl (C=O) groups excluding carboxylic acids is 1. The lowest BCUT2D eigenvalue weighted by atomic mass is 10.2. The van der Waals surface area contributed by atoms with Gasteiger partial charge < -0.3 is 4.57 Å². The van der Waals surface area contributed by atoms with Crippen molar-refractivity contribution in [1.82, 2.24) is 9.99 Å². The van der Waals surface area contributed by atoms with Crippen LogP contribution in [0.25, 0.3) is 5.69 Å². The Bertz CT molecular complexity index is 1620. The maximum atomic E-state index is 13.4. The molecular weight excluding hydrogens is 567 g/mol. The SMILES string of the molecule is Cc1cc(/C=N\NC(=O)CN(c2cccc(Cl)c2)S(=O)(=O)c2ccccc2)c(C)n1-c1cc(Cl)ccc1Cl. The number of hydrogen-bond donors (Lipinski definition) is 1. The van der Waals surface area contributed by atoms with E-state index in [4.69, 9.17) is 34.8 Å². The predicted octanol–water partition coefficient (Wildman–Crippen LogP) is 6.40. The standard InChI is InChI=1S/C27H23Cl3N4O3S/c1-18-13-20(19(2)34(18)26-15-22(29)11-12-25(26)30)16-31-32-27(35)17-33(23-8-6-7-21(28)14-23)38(36,37)24-9-4-3-5-10-24/h3-16H,17H2,1-2H3,(H,32,35)/b31-16-. The minimum absolute atomic E-state index is 0.0448. The highest BCUT2D eigenvalue weighted by Crippen LogP contribution is 2.29. The van der Waals surface area contributed by atoms with E-state index in [-0.39, 0.29) is 10.6 Å². The number of aryl methyl sites for hydroxylation is 1. The Kier molecular flexibility index (Phi) is 8.47. The summed E-state index contributed by atoms with van der Waals surface area (Å²) >= 11 is 18.7. The topological polar surface area (TPSA) is 83.8 Å². The molecule has 0 spiro atoms. The lowest BCUT2D eigenvalue weighted by Crippen LogP contribution is -2.39. The van der Waals surface area contributed by atoms with Gasteiger partial charge in [0.05, 0.1) is 27.5 Å². The number of nitrogens with one attached hydrogen (secondary N) is 1. The lowest BCUT2D eigenvalue weighted by molar-refractivity contribution is -0.119. The van der Waals surface area contributed by atoms with Crippen molar-refractivity contribution in [2.45, 2.75) is 18.7 Å². The molecule has 0 fully saturated rings. The van der Waals surface area contributed by atoms with Gasteiger partial charge in [-0.15, -0.1) is 0 Å². The van der Waals surface area contributed by atoms with Crippen LogP contribution < -0.4 is 9.73 Å². The molecule has 0 aliphatic carbocycles. The van der Waals surface area contributed by atoms with Gasteiger partial charge in [0.2, 0.25) is 0 Å². The summed E-state index contributed by atoms with van der Waals surface area (Å²) in [7, 11) is -4.06. The summed E-state index contributed by atoms with van der Waals surface area (Å²) in [6.45, 7) is 3.30. The monoisotopic (exact) mass is 588 g/mol. The Labute approximate surface area is 236 Å². The zero-order chi connectivity index (χ0) is 27.4. The second kappa shape index (κ2) is 11.6. The van der Waals surface area contributed by atoms with Crippen LogP contribution in [0.4, 0.5) is 5.69 Å². The van der Waals surface area contributed by atoms with Gasteiger partial charge in [-0.25, -0.2) is 13.8 Å². The third kappa shape index (κ3) is 6.05. The fourth-order valence-electron chi connectivity index (χ4n) is 3.95. The van der Waals surface area contributed by atoms with E-state index in [2.05, 4.69) is 10.5 Å². The molecule has 0 aliphatic rings. The van der Waals surface area contributed by atoms with Crippen LogP contribution in [0, 0.1) is 13.8 Å². The van der Waals surface area contributed by atoms with Gasteiger partial charge in [-0.05, 0) is 68.4 Å². The number of aromatic nitrogens is 1. The van der Waals surface area contributed by atoms with E-state index in [0.29, 0.717) is 15.1 Å². The lowest BCUT2D eigenvalue weighted by Gasteiger charge is -2.23. The largest absolute Gasteiger partial charge is 0.316 e. The molecule has 7 nitrogen and oxygen atoms in total. The van der Waals surface area contributed by atoms with Gasteiger partial charge in [-0.2, -0.15) is 5.10 Å². The first-order valence-electron chi connectivity index (χ1n) is 11.4. The van der Waals surface area contributed by atoms with Gasteiger partial charge in [0, 0.05) is 27.0 Å². The number of carbonyl (C=O) groups is 1. The van der Waals surface area contributed by atoms with Crippen LogP contribution in [-0.4, -0.2) is 31.7 Å². The molecule has 38 heavy (non-hydrogen) atoms. The molecule has 0 unspecified atom stereocenters. The van der Waals surface area contributed by atoms with Crippen LogP contribution in [0.15, 0.2) is 88.9 Å². The molecule has 1 amide bonds. The summed E-state index contributed by atoms with van der Waals surface area (Å²) in [4.78, 5) is 12.9. The van der Waals surface area contributed by atoms with Crippen LogP contribution in [0.2, 0.25) is 15.1 Å². The second-order valence-electron chi connectivity index (χ2n) is 8.36. The third-order valence-electron chi connectivity index (χ3n) is 5.73. The molecule has 1 N–H and O–H groups in total. The van der Waals surface area contributed by atoms with E-state index in [1.165, 1.54) is 24.4 Å². The molecule has 4 aromatic rings. The summed E-state index contributed by atoms with van der Waals surface area (Å²) in [6, 6.07) is 21.2. The zero-order valence-corrected chi connectivity index (χ0v) is 23.5. The van der Waals surface area contributed by atoms with E-state index in [1.54, 1.807) is 54.6 Å². The van der Waals surface area contributed by atoms with E-state index in [1.807, 2.05) is 24.5 Å². The van der Waals surface area contributed by atoms with Crippen molar-refractivity contribution in [3.05, 3.63) is 111 Å². The number of hydrogen-bond acceptors (Lipinski definition) is 4. The Morgan fingerprint density at radius 1 is 0.947 bits per heavy atom. The fraction of sp³-hybridized carbons (Fsp3) is 0.111. The quantitative estimate of drug-likeness (QED) is 0.191. The van der Waals surface area contributed by atoms with E-state index < -0.39 is 22.5 Å². The first kappa shape index (κ1) is 27.7. The van der Waals surface area contributed by atoms with Crippen molar-refractivity contribution in [3.8, 4) is 5.69 Å². The molecule has 3 aromatic carbocycles. The Morgan fingerprint density at radius 2 is 1.66 bits per heavy atom. The molecule has 196 valence electrons. The Balaban J connectivity index is 1.56. The number of anilines is 1. The van der Waals surface area contributed by atoms with E-state index >= 15 is 0 Å². The maximum absolute atomic E-state index is 13.4. The first-order chi connectivity index (χ1) is 18.1. The number of rotatable bonds is 8. The van der Waals surface area contributed by atoms with Crippen LogP contribution in [-0.2, 0) is 14.8 Å². The van der Waals surface area contributed by atoms with Crippen LogP contribution in [0.3, 0.4) is 0 Å². The number of sulfonamides is 1. The zero-order valence-electron chi connectivity index (χ0n) is 20.4. The highest BCUT2D eigenvalue weighted by atomic mass is 35.5. The van der Waals surface area contributed by atoms with Crippen LogP contribution in [0.1, 0.15) is 17.0 Å². The molecule has 0 radical (unpaired) electrons. The number of nitrogens with zero attached hydrogens (tertiary/aromatic N) is 3. The average Bonchev–Trinajstić information content (AvgIpc) is 3.17. The normalized spacial score (nSPS) is 11.6. The second-order valence-corrected chi connectivity index (χ2v) is 11.5. The summed E-state index contributed by atoms with van der Waals surface area (Å²) in [5.41, 5.74) is 5.85. The Hall–Kier alpha value is -3.30. The number of hydrazone groups is 1. The van der Waals surface area contributed by atoms with Gasteiger partial charge in [0.15, 0.2) is 0 Å². The number of benzene rings is 3. The van der Waals surface area contributed by atoms with Crippen molar-refractivity contribution in [1.29, 1.82) is 0 Å². The average molecular weight is 590 g/mol. The van der Waals surface area contributed by atoms with E-state index in [0.717, 1.165) is 26.9 Å². The molecule has 0 saturated carbocycles. The number of amides is 1. The van der Waals surface area contributed by atoms with Crippen LogP contribution in [0.5, 0.6) is 0 Å². The molecular formula is C27H23Cl3N4O3S. The molecule has 0 bridgehead atoms. The van der Waals surface area contributed by atoms with E-state index in [9.17, 15) is 13.2 Å². The molecule has 4 rings (SSSR count). The molecule has 0 saturated heterocycles. The van der Waals surface area contributed by atoms with Crippen molar-refractivity contribution in [2.75, 3.05) is 10.8 Å². The van der Waals surface area contributed by atoms with Gasteiger partial charge in [0.25, 0.3) is 15.9 Å². The van der Waals surface area contributed by atoms with Gasteiger partial charge in [-0.1, -0.05) is 59.1 Å². The van der Waals surface area contributed by atoms with Crippen molar-refractivity contribution < 1.29 is 13.2 Å². The number of halogens is 3. The van der Waals surface area contributed by atoms with Gasteiger partial charge in [0.1, 0.15) is 6.54 Å². The van der Waals surface area contributed by atoms with Crippen molar-refractivity contribution in [3.63, 3.8) is 0 Å². The summed E-state index contributed by atoms with van der Waals surface area (Å²) in [6.07, 6.45) is 1.49. The summed E-state index contributed by atoms with van der Waals surface area (Å²) in [5.74, 6) is -0.632. The van der Waals surface area contributed by atoms with Crippen molar-refractivity contribution >= 4 is 62.6 Å². The molecule has 1 aromatic heterocycles. The highest BCUT2D eigenvalue weighted by molar-refractivity contribution is 7.92. The summed E-state index contributed by atoms with van der Waals surface area (Å²) < 4.78 is 29.7.